The van der Waals surface area contributed by atoms with Crippen LogP contribution in [0.5, 0.6) is 0 Å². The maximum absolute atomic E-state index is 8.66. The molecule has 39 heteroatoms. The van der Waals surface area contributed by atoms with E-state index in [9.17, 15) is 0 Å². The molecular formula is C24H44Mo5N4O28P2-30. The van der Waals surface area contributed by atoms with Gasteiger partial charge in [-0.15, -0.1) is 0 Å². The summed E-state index contributed by atoms with van der Waals surface area (Å²) in [6, 6.07) is 39.5. The molecule has 32 nitrogen and oxygen atoms in total. The molecular weight excluding hydrogens is 1330 g/mol. The van der Waals surface area contributed by atoms with E-state index in [0.29, 0.717) is 0 Å². The first-order valence-corrected chi connectivity index (χ1v) is 13.5. The Kier molecular flexibility index (Phi) is 354. The van der Waals surface area contributed by atoms with Crippen molar-refractivity contribution in [3.8, 4) is 0 Å². The van der Waals surface area contributed by atoms with Crippen LogP contribution in [0.15, 0.2) is 121 Å². The maximum atomic E-state index is 8.66. The zero-order chi connectivity index (χ0) is 29.5. The van der Waals surface area contributed by atoms with Crippen molar-refractivity contribution in [3.05, 3.63) is 121 Å². The van der Waals surface area contributed by atoms with E-state index in [4.69, 9.17) is 38.5 Å². The van der Waals surface area contributed by atoms with Crippen LogP contribution in [0.25, 0.3) is 0 Å². The molecule has 63 heavy (non-hydrogen) atoms. The zero-order valence-corrected chi connectivity index (χ0v) is 43.1. The normalized spacial score (nSPS) is 5.75. The van der Waals surface area contributed by atoms with E-state index in [1.165, 1.54) is 0 Å². The second-order valence-electron chi connectivity index (χ2n) is 6.88. The van der Waals surface area contributed by atoms with Gasteiger partial charge in [-0.3, -0.25) is 0 Å². The zero-order valence-electron chi connectivity index (χ0n) is 31.3. The standard InChI is InChI=1S/4C6H7N.5Mo.2H3O4P.5H2O.15O/c4*7-6-4-2-1-3-5-6;;;;;;2*1-5(2,3)4;;;;;;;;;;;;;;;;;;;;/h4*1-5H,7H2;;;;;;2*(H3,1,2,3,4);5*1H2;;;;;;;;;;;;;;;/q;;;;;;;;;;;;;;;;15*-2. The van der Waals surface area contributed by atoms with Crippen molar-refractivity contribution in [2.75, 3.05) is 0 Å². The molecule has 398 valence electrons. The van der Waals surface area contributed by atoms with Gasteiger partial charge in [-0.2, -0.15) is 0 Å². The SMILES string of the molecule is O.O.O.O.O.O=P([O-])([O-])O.O=P([O-])([O-])O.[Mo].[Mo].[Mo].[Mo].[Mo].[NH3+]c1ccccc1.[NH3+]c1ccccc1.[NH3+]c1ccccc1.[NH3+]c1ccccc1.[O-2].[O-2].[O-2].[O-2].[O-2].[O-2].[O-2].[O-2].[O-2].[O-2].[O-2].[O-2].[O-2].[O-2].[O-2]. The van der Waals surface area contributed by atoms with E-state index in [1.54, 1.807) is 0 Å². The molecule has 0 saturated heterocycles. The van der Waals surface area contributed by atoms with Crippen molar-refractivity contribution in [3.63, 3.8) is 0 Å². The molecule has 0 aliphatic heterocycles. The van der Waals surface area contributed by atoms with Gasteiger partial charge >= 0.3 is 0 Å². The number of rotatable bonds is 0. The molecule has 0 amide bonds. The van der Waals surface area contributed by atoms with E-state index >= 15 is 0 Å². The van der Waals surface area contributed by atoms with E-state index in [-0.39, 0.29) is 215 Å². The van der Waals surface area contributed by atoms with E-state index in [1.807, 2.05) is 121 Å². The third kappa shape index (κ3) is 219. The van der Waals surface area contributed by atoms with E-state index < -0.39 is 15.6 Å². The first-order chi connectivity index (χ1) is 17.6. The topological polar surface area (TPSA) is 862 Å². The van der Waals surface area contributed by atoms with Crippen molar-refractivity contribution in [2.24, 2.45) is 0 Å². The van der Waals surface area contributed by atoms with Gasteiger partial charge in [0.25, 0.3) is 0 Å². The Morgan fingerprint density at radius 1 is 0.286 bits per heavy atom. The predicted molar refractivity (Wildman–Crippen MR) is 164 cm³/mol. The molecule has 4 aromatic carbocycles. The second kappa shape index (κ2) is 119. The van der Waals surface area contributed by atoms with Gasteiger partial charge in [0.1, 0.15) is 22.7 Å². The maximum Gasteiger partial charge on any atom is 0.127 e. The van der Waals surface area contributed by atoms with E-state index in [2.05, 4.69) is 22.9 Å². The van der Waals surface area contributed by atoms with Crippen molar-refractivity contribution in [2.45, 2.75) is 0 Å². The Morgan fingerprint density at radius 3 is 0.381 bits per heavy atom. The largest absolute Gasteiger partial charge is 2.00 e. The van der Waals surface area contributed by atoms with Crippen LogP contribution in [-0.4, -0.2) is 37.2 Å². The molecule has 0 aliphatic rings. The van der Waals surface area contributed by atoms with Crippen LogP contribution in [0, 0.1) is 0 Å². The van der Waals surface area contributed by atoms with Gasteiger partial charge in [0.2, 0.25) is 0 Å². The molecule has 4 aromatic rings. The quantitative estimate of drug-likeness (QED) is 0.0724. The molecule has 0 aromatic heterocycles. The predicted octanol–water partition coefficient (Wildman–Crippen LogP) is -8.06. The minimum Gasteiger partial charge on any atom is -2.00 e. The molecule has 0 bridgehead atoms. The van der Waals surface area contributed by atoms with Crippen molar-refractivity contribution in [1.29, 1.82) is 0 Å². The van der Waals surface area contributed by atoms with Crippen LogP contribution >= 0.6 is 15.6 Å². The van der Waals surface area contributed by atoms with Crippen molar-refractivity contribution in [1.82, 2.24) is 0 Å². The fourth-order valence-electron chi connectivity index (χ4n) is 1.91. The van der Waals surface area contributed by atoms with Crippen LogP contribution in [-0.2, 0) is 197 Å². The fraction of sp³-hybridized carbons (Fsp3) is 0. The van der Waals surface area contributed by atoms with Gasteiger partial charge in [-0.1, -0.05) is 72.8 Å². The first kappa shape index (κ1) is 187. The number of hydrogen-bond acceptors (Lipinski definition) is 6. The summed E-state index contributed by atoms with van der Waals surface area (Å²) in [6.07, 6.45) is 0. The molecule has 24 N–H and O–H groups in total. The van der Waals surface area contributed by atoms with Crippen LogP contribution in [0.3, 0.4) is 0 Å². The molecule has 0 radical (unpaired) electrons. The van der Waals surface area contributed by atoms with Gasteiger partial charge in [-0.05, 0) is 48.5 Å². The second-order valence-corrected chi connectivity index (χ2v) is 8.75. The summed E-state index contributed by atoms with van der Waals surface area (Å²) in [5.74, 6) is 0. The van der Waals surface area contributed by atoms with Gasteiger partial charge in [-0.25, -0.2) is 0 Å². The molecule has 0 spiro atoms. The molecule has 0 atom stereocenters. The molecule has 0 unspecified atom stereocenters. The smallest absolute Gasteiger partial charge is 0.127 e. The van der Waals surface area contributed by atoms with Crippen LogP contribution in [0.2, 0.25) is 0 Å². The van der Waals surface area contributed by atoms with Crippen LogP contribution < -0.4 is 42.5 Å². The number of quaternary nitrogens is 4. The Balaban J connectivity index is -0.00000000919. The van der Waals surface area contributed by atoms with E-state index in [0.717, 1.165) is 22.7 Å². The third-order valence-electron chi connectivity index (χ3n) is 3.37. The average molecular weight is 1380 g/mol. The summed E-state index contributed by atoms with van der Waals surface area (Å²) >= 11 is 0. The summed E-state index contributed by atoms with van der Waals surface area (Å²) in [5, 5.41) is 0. The minimum atomic E-state index is -5.14. The summed E-state index contributed by atoms with van der Waals surface area (Å²) in [7, 11) is -10.3. The van der Waals surface area contributed by atoms with Crippen LogP contribution in [0.1, 0.15) is 0 Å². The summed E-state index contributed by atoms with van der Waals surface area (Å²) in [4.78, 5) is 48.6. The molecule has 0 fully saturated rings. The monoisotopic (exact) mass is 1390 g/mol. The first-order valence-electron chi connectivity index (χ1n) is 10.6. The Morgan fingerprint density at radius 2 is 0.349 bits per heavy atom. The summed E-state index contributed by atoms with van der Waals surface area (Å²) < 4.78 is 17.3. The Bertz CT molecular complexity index is 1030. The fourth-order valence-corrected chi connectivity index (χ4v) is 1.91. The Hall–Kier alpha value is -0.418. The number of benzene rings is 4. The van der Waals surface area contributed by atoms with Crippen molar-refractivity contribution >= 4 is 38.4 Å². The van der Waals surface area contributed by atoms with Gasteiger partial charge in [0, 0.05) is 105 Å². The average Bonchev–Trinajstić information content (AvgIpc) is 2.80. The molecule has 0 aliphatic carbocycles. The third-order valence-corrected chi connectivity index (χ3v) is 3.37. The van der Waals surface area contributed by atoms with Gasteiger partial charge < -0.3 is 171 Å². The molecule has 0 heterocycles. The van der Waals surface area contributed by atoms with Gasteiger partial charge in [0.05, 0.1) is 15.6 Å². The van der Waals surface area contributed by atoms with Gasteiger partial charge in [0.15, 0.2) is 0 Å². The number of phosphoric acid groups is 2. The minimum absolute atomic E-state index is 0. The molecule has 0 saturated carbocycles. The summed E-state index contributed by atoms with van der Waals surface area (Å²) in [5.41, 5.74) is 19.2. The summed E-state index contributed by atoms with van der Waals surface area (Å²) in [6.45, 7) is 0. The van der Waals surface area contributed by atoms with Crippen LogP contribution in [0.4, 0.5) is 22.7 Å². The molecule has 4 rings (SSSR count). The van der Waals surface area contributed by atoms with Crippen molar-refractivity contribution < 1.29 is 276 Å². The Labute approximate surface area is 432 Å². The number of hydrogen-bond donors (Lipinski definition) is 6.